The zero-order valence-electron chi connectivity index (χ0n) is 12.6. The molecule has 0 saturated carbocycles. The molecule has 1 aromatic heterocycles. The summed E-state index contributed by atoms with van der Waals surface area (Å²) in [4.78, 5) is 16.5. The SMILES string of the molecule is COc1ccccc1-c1cccc(C(=O)NCC(C)C)n1. The quantitative estimate of drug-likeness (QED) is 0.917. The monoisotopic (exact) mass is 284 g/mol. The fourth-order valence-electron chi connectivity index (χ4n) is 1.95. The number of carbonyl (C=O) groups excluding carboxylic acids is 1. The van der Waals surface area contributed by atoms with Gasteiger partial charge in [-0.3, -0.25) is 4.79 Å². The molecule has 21 heavy (non-hydrogen) atoms. The fraction of sp³-hybridized carbons (Fsp3) is 0.294. The van der Waals surface area contributed by atoms with Gasteiger partial charge in [0.2, 0.25) is 0 Å². The lowest BCUT2D eigenvalue weighted by Crippen LogP contribution is -2.28. The smallest absolute Gasteiger partial charge is 0.269 e. The lowest BCUT2D eigenvalue weighted by molar-refractivity contribution is 0.0944. The van der Waals surface area contributed by atoms with E-state index in [2.05, 4.69) is 24.1 Å². The number of nitrogens with zero attached hydrogens (tertiary/aromatic N) is 1. The van der Waals surface area contributed by atoms with E-state index in [1.807, 2.05) is 36.4 Å². The summed E-state index contributed by atoms with van der Waals surface area (Å²) in [6.07, 6.45) is 0. The molecule has 1 heterocycles. The van der Waals surface area contributed by atoms with Gasteiger partial charge in [0.05, 0.1) is 12.8 Å². The van der Waals surface area contributed by atoms with E-state index < -0.39 is 0 Å². The Labute approximate surface area is 125 Å². The summed E-state index contributed by atoms with van der Waals surface area (Å²) in [7, 11) is 1.62. The van der Waals surface area contributed by atoms with Crippen LogP contribution in [0, 0.1) is 5.92 Å². The zero-order valence-corrected chi connectivity index (χ0v) is 12.6. The highest BCUT2D eigenvalue weighted by molar-refractivity contribution is 5.92. The molecular weight excluding hydrogens is 264 g/mol. The second kappa shape index (κ2) is 6.88. The van der Waals surface area contributed by atoms with Gasteiger partial charge in [-0.15, -0.1) is 0 Å². The van der Waals surface area contributed by atoms with Crippen molar-refractivity contribution >= 4 is 5.91 Å². The maximum Gasteiger partial charge on any atom is 0.269 e. The molecule has 0 saturated heterocycles. The van der Waals surface area contributed by atoms with Gasteiger partial charge in [0.25, 0.3) is 5.91 Å². The van der Waals surface area contributed by atoms with Gasteiger partial charge in [-0.2, -0.15) is 0 Å². The molecule has 0 aliphatic heterocycles. The van der Waals surface area contributed by atoms with Crippen molar-refractivity contribution in [3.63, 3.8) is 0 Å². The van der Waals surface area contributed by atoms with Gasteiger partial charge in [-0.25, -0.2) is 4.98 Å². The molecule has 0 aliphatic carbocycles. The van der Waals surface area contributed by atoms with Crippen molar-refractivity contribution in [2.75, 3.05) is 13.7 Å². The van der Waals surface area contributed by atoms with Crippen molar-refractivity contribution < 1.29 is 9.53 Å². The molecule has 0 bridgehead atoms. The van der Waals surface area contributed by atoms with E-state index in [4.69, 9.17) is 4.74 Å². The highest BCUT2D eigenvalue weighted by Crippen LogP contribution is 2.27. The van der Waals surface area contributed by atoms with Gasteiger partial charge in [0, 0.05) is 12.1 Å². The number of para-hydroxylation sites is 1. The molecule has 1 aromatic carbocycles. The van der Waals surface area contributed by atoms with Crippen LogP contribution in [0.4, 0.5) is 0 Å². The lowest BCUT2D eigenvalue weighted by Gasteiger charge is -2.10. The van der Waals surface area contributed by atoms with E-state index in [0.29, 0.717) is 18.2 Å². The molecule has 2 rings (SSSR count). The summed E-state index contributed by atoms with van der Waals surface area (Å²) in [6, 6.07) is 13.1. The summed E-state index contributed by atoms with van der Waals surface area (Å²) in [6.45, 7) is 4.75. The fourth-order valence-corrected chi connectivity index (χ4v) is 1.95. The third-order valence-electron chi connectivity index (χ3n) is 3.04. The molecule has 0 fully saturated rings. The average Bonchev–Trinajstić information content (AvgIpc) is 2.52. The predicted octanol–water partition coefficient (Wildman–Crippen LogP) is 3.14. The first-order valence-corrected chi connectivity index (χ1v) is 7.00. The van der Waals surface area contributed by atoms with Crippen LogP contribution in [0.3, 0.4) is 0 Å². The van der Waals surface area contributed by atoms with E-state index in [0.717, 1.165) is 17.0 Å². The van der Waals surface area contributed by atoms with Gasteiger partial charge in [-0.05, 0) is 30.2 Å². The third kappa shape index (κ3) is 3.81. The van der Waals surface area contributed by atoms with Crippen molar-refractivity contribution in [2.45, 2.75) is 13.8 Å². The van der Waals surface area contributed by atoms with Crippen LogP contribution >= 0.6 is 0 Å². The van der Waals surface area contributed by atoms with Crippen molar-refractivity contribution in [1.29, 1.82) is 0 Å². The van der Waals surface area contributed by atoms with Gasteiger partial charge in [0.15, 0.2) is 0 Å². The predicted molar refractivity (Wildman–Crippen MR) is 83.4 cm³/mol. The number of hydrogen-bond acceptors (Lipinski definition) is 3. The third-order valence-corrected chi connectivity index (χ3v) is 3.04. The average molecular weight is 284 g/mol. The molecule has 4 nitrogen and oxygen atoms in total. The highest BCUT2D eigenvalue weighted by atomic mass is 16.5. The Morgan fingerprint density at radius 3 is 2.67 bits per heavy atom. The Balaban J connectivity index is 2.27. The number of benzene rings is 1. The minimum Gasteiger partial charge on any atom is -0.496 e. The standard InChI is InChI=1S/C17H20N2O2/c1-12(2)11-18-17(20)15-9-6-8-14(19-15)13-7-4-5-10-16(13)21-3/h4-10,12H,11H2,1-3H3,(H,18,20). The molecule has 4 heteroatoms. The first kappa shape index (κ1) is 15.0. The molecule has 0 atom stereocenters. The topological polar surface area (TPSA) is 51.2 Å². The Hall–Kier alpha value is -2.36. The van der Waals surface area contributed by atoms with Crippen LogP contribution in [-0.2, 0) is 0 Å². The minimum absolute atomic E-state index is 0.152. The van der Waals surface area contributed by atoms with Crippen LogP contribution in [0.15, 0.2) is 42.5 Å². The molecule has 1 N–H and O–H groups in total. The zero-order chi connectivity index (χ0) is 15.2. The minimum atomic E-state index is -0.152. The molecule has 1 amide bonds. The summed E-state index contributed by atoms with van der Waals surface area (Å²) in [5, 5.41) is 2.87. The Morgan fingerprint density at radius 1 is 1.19 bits per heavy atom. The van der Waals surface area contributed by atoms with E-state index >= 15 is 0 Å². The Morgan fingerprint density at radius 2 is 1.95 bits per heavy atom. The highest BCUT2D eigenvalue weighted by Gasteiger charge is 2.11. The normalized spacial score (nSPS) is 10.5. The number of methoxy groups -OCH3 is 1. The molecule has 0 unspecified atom stereocenters. The molecule has 0 aliphatic rings. The van der Waals surface area contributed by atoms with E-state index in [1.54, 1.807) is 13.2 Å². The van der Waals surface area contributed by atoms with Crippen LogP contribution in [-0.4, -0.2) is 24.5 Å². The van der Waals surface area contributed by atoms with Gasteiger partial charge in [0.1, 0.15) is 11.4 Å². The van der Waals surface area contributed by atoms with Crippen molar-refractivity contribution in [3.8, 4) is 17.0 Å². The summed E-state index contributed by atoms with van der Waals surface area (Å²) >= 11 is 0. The van der Waals surface area contributed by atoms with Crippen LogP contribution < -0.4 is 10.1 Å². The molecule has 110 valence electrons. The maximum atomic E-state index is 12.1. The number of rotatable bonds is 5. The first-order valence-electron chi connectivity index (χ1n) is 7.00. The first-order chi connectivity index (χ1) is 10.1. The van der Waals surface area contributed by atoms with Crippen molar-refractivity contribution in [3.05, 3.63) is 48.2 Å². The summed E-state index contributed by atoms with van der Waals surface area (Å²) in [5.41, 5.74) is 2.02. The molecular formula is C17H20N2O2. The maximum absolute atomic E-state index is 12.1. The molecule has 2 aromatic rings. The number of hydrogen-bond donors (Lipinski definition) is 1. The number of nitrogens with one attached hydrogen (secondary N) is 1. The van der Waals surface area contributed by atoms with E-state index in [-0.39, 0.29) is 5.91 Å². The summed E-state index contributed by atoms with van der Waals surface area (Å²) < 4.78 is 5.34. The van der Waals surface area contributed by atoms with Gasteiger partial charge >= 0.3 is 0 Å². The van der Waals surface area contributed by atoms with Crippen molar-refractivity contribution in [2.24, 2.45) is 5.92 Å². The van der Waals surface area contributed by atoms with Gasteiger partial charge < -0.3 is 10.1 Å². The van der Waals surface area contributed by atoms with E-state index in [9.17, 15) is 4.79 Å². The largest absolute Gasteiger partial charge is 0.496 e. The van der Waals surface area contributed by atoms with E-state index in [1.165, 1.54) is 0 Å². The number of aromatic nitrogens is 1. The summed E-state index contributed by atoms with van der Waals surface area (Å²) in [5.74, 6) is 0.997. The Bertz CT molecular complexity index is 624. The van der Waals surface area contributed by atoms with Crippen molar-refractivity contribution in [1.82, 2.24) is 10.3 Å². The number of carbonyl (C=O) groups is 1. The van der Waals surface area contributed by atoms with Gasteiger partial charge in [-0.1, -0.05) is 32.0 Å². The number of pyridine rings is 1. The number of ether oxygens (including phenoxy) is 1. The number of amides is 1. The molecule has 0 spiro atoms. The van der Waals surface area contributed by atoms with Crippen LogP contribution in [0.5, 0.6) is 5.75 Å². The van der Waals surface area contributed by atoms with Crippen LogP contribution in [0.2, 0.25) is 0 Å². The lowest BCUT2D eigenvalue weighted by atomic mass is 10.1. The second-order valence-corrected chi connectivity index (χ2v) is 5.21. The van der Waals surface area contributed by atoms with Crippen LogP contribution in [0.25, 0.3) is 11.3 Å². The second-order valence-electron chi connectivity index (χ2n) is 5.21. The Kier molecular flexibility index (Phi) is 4.93. The van der Waals surface area contributed by atoms with Crippen LogP contribution in [0.1, 0.15) is 24.3 Å². The molecule has 0 radical (unpaired) electrons.